The minimum Gasteiger partial charge on any atom is -0.501 e. The van der Waals surface area contributed by atoms with Crippen LogP contribution in [0.1, 0.15) is 31.8 Å². The number of carboxylic acids is 2. The number of aliphatic hydroxyl groups excluding tert-OH is 1. The van der Waals surface area contributed by atoms with Gasteiger partial charge >= 0.3 is 11.9 Å². The second-order valence-electron chi connectivity index (χ2n) is 4.00. The average Bonchev–Trinajstić information content (AvgIpc) is 2.39. The van der Waals surface area contributed by atoms with Crippen LogP contribution in [0.15, 0.2) is 25.0 Å². The molecule has 1 aromatic carbocycles. The number of rotatable bonds is 8. The SMILES string of the molecule is C=COCCc1c(CCO)ccc(C(=O)O)c1C(=O)O. The molecule has 0 aliphatic carbocycles. The quantitative estimate of drug-likeness (QED) is 0.490. The van der Waals surface area contributed by atoms with Crippen LogP contribution in [0.2, 0.25) is 0 Å². The molecule has 20 heavy (non-hydrogen) atoms. The van der Waals surface area contributed by atoms with Gasteiger partial charge in [0.05, 0.1) is 24.0 Å². The molecule has 0 fully saturated rings. The summed E-state index contributed by atoms with van der Waals surface area (Å²) >= 11 is 0. The number of carboxylic acid groups (broad SMARTS) is 2. The number of hydrogen-bond donors (Lipinski definition) is 3. The van der Waals surface area contributed by atoms with Crippen molar-refractivity contribution in [3.8, 4) is 0 Å². The summed E-state index contributed by atoms with van der Waals surface area (Å²) in [7, 11) is 0. The van der Waals surface area contributed by atoms with Gasteiger partial charge in [-0.2, -0.15) is 0 Å². The number of hydrogen-bond acceptors (Lipinski definition) is 4. The molecular weight excluding hydrogens is 264 g/mol. The molecule has 0 aliphatic rings. The fourth-order valence-electron chi connectivity index (χ4n) is 2.00. The van der Waals surface area contributed by atoms with Crippen molar-refractivity contribution in [2.45, 2.75) is 12.8 Å². The van der Waals surface area contributed by atoms with Crippen LogP contribution in [0.25, 0.3) is 0 Å². The fraction of sp³-hybridized carbons (Fsp3) is 0.286. The normalized spacial score (nSPS) is 10.1. The van der Waals surface area contributed by atoms with Crippen LogP contribution < -0.4 is 0 Å². The highest BCUT2D eigenvalue weighted by Gasteiger charge is 2.22. The first-order chi connectivity index (χ1) is 9.52. The maximum Gasteiger partial charge on any atom is 0.336 e. The first kappa shape index (κ1) is 15.7. The van der Waals surface area contributed by atoms with Gasteiger partial charge in [-0.15, -0.1) is 0 Å². The Hall–Kier alpha value is -2.34. The van der Waals surface area contributed by atoms with Crippen LogP contribution in [-0.2, 0) is 17.6 Å². The van der Waals surface area contributed by atoms with E-state index in [4.69, 9.17) is 14.9 Å². The molecule has 0 bridgehead atoms. The molecule has 0 atom stereocenters. The second-order valence-corrected chi connectivity index (χ2v) is 4.00. The third-order valence-electron chi connectivity index (χ3n) is 2.82. The summed E-state index contributed by atoms with van der Waals surface area (Å²) in [6.45, 7) is 3.42. The highest BCUT2D eigenvalue weighted by atomic mass is 16.5. The van der Waals surface area contributed by atoms with E-state index >= 15 is 0 Å². The molecule has 6 heteroatoms. The first-order valence-electron chi connectivity index (χ1n) is 5.97. The van der Waals surface area contributed by atoms with Crippen LogP contribution in [0.3, 0.4) is 0 Å². The molecule has 6 nitrogen and oxygen atoms in total. The van der Waals surface area contributed by atoms with Crippen molar-refractivity contribution in [2.24, 2.45) is 0 Å². The zero-order chi connectivity index (χ0) is 15.1. The van der Waals surface area contributed by atoms with Crippen LogP contribution in [0, 0.1) is 0 Å². The Morgan fingerprint density at radius 1 is 1.20 bits per heavy atom. The largest absolute Gasteiger partial charge is 0.501 e. The van der Waals surface area contributed by atoms with Gasteiger partial charge in [0.15, 0.2) is 0 Å². The van der Waals surface area contributed by atoms with Crippen molar-refractivity contribution < 1.29 is 29.6 Å². The average molecular weight is 280 g/mol. The van der Waals surface area contributed by atoms with E-state index in [9.17, 15) is 14.7 Å². The van der Waals surface area contributed by atoms with E-state index in [1.54, 1.807) is 0 Å². The summed E-state index contributed by atoms with van der Waals surface area (Å²) in [5.74, 6) is -2.61. The fourth-order valence-corrected chi connectivity index (χ4v) is 2.00. The Kier molecular flexibility index (Phi) is 5.74. The molecular formula is C14H16O6. The molecule has 0 radical (unpaired) electrons. The van der Waals surface area contributed by atoms with Crippen molar-refractivity contribution in [3.63, 3.8) is 0 Å². The van der Waals surface area contributed by atoms with E-state index in [-0.39, 0.29) is 37.2 Å². The van der Waals surface area contributed by atoms with Gasteiger partial charge in [0.25, 0.3) is 0 Å². The zero-order valence-electron chi connectivity index (χ0n) is 10.8. The number of aromatic carboxylic acids is 2. The number of carbonyl (C=O) groups is 2. The third kappa shape index (κ3) is 3.58. The first-order valence-corrected chi connectivity index (χ1v) is 5.97. The molecule has 0 spiro atoms. The molecule has 3 N–H and O–H groups in total. The molecule has 0 unspecified atom stereocenters. The van der Waals surface area contributed by atoms with Crippen LogP contribution >= 0.6 is 0 Å². The van der Waals surface area contributed by atoms with Gasteiger partial charge in [-0.1, -0.05) is 12.6 Å². The zero-order valence-corrected chi connectivity index (χ0v) is 10.8. The monoisotopic (exact) mass is 280 g/mol. The minimum absolute atomic E-state index is 0.152. The van der Waals surface area contributed by atoms with Crippen molar-refractivity contribution in [1.82, 2.24) is 0 Å². The van der Waals surface area contributed by atoms with E-state index in [2.05, 4.69) is 6.58 Å². The van der Waals surface area contributed by atoms with Gasteiger partial charge in [0.1, 0.15) is 0 Å². The lowest BCUT2D eigenvalue weighted by atomic mass is 9.92. The summed E-state index contributed by atoms with van der Waals surface area (Å²) in [5, 5.41) is 27.3. The van der Waals surface area contributed by atoms with Crippen molar-refractivity contribution in [2.75, 3.05) is 13.2 Å². The lowest BCUT2D eigenvalue weighted by Gasteiger charge is -2.14. The highest BCUT2D eigenvalue weighted by molar-refractivity contribution is 6.03. The predicted molar refractivity (Wildman–Crippen MR) is 71.0 cm³/mol. The Morgan fingerprint density at radius 3 is 2.40 bits per heavy atom. The molecule has 108 valence electrons. The summed E-state index contributed by atoms with van der Waals surface area (Å²) < 4.78 is 4.97. The maximum absolute atomic E-state index is 11.3. The molecule has 1 rings (SSSR count). The molecule has 0 amide bonds. The Bertz CT molecular complexity index is 521. The van der Waals surface area contributed by atoms with Gasteiger partial charge in [-0.3, -0.25) is 0 Å². The topological polar surface area (TPSA) is 104 Å². The lowest BCUT2D eigenvalue weighted by Crippen LogP contribution is -2.15. The van der Waals surface area contributed by atoms with Gasteiger partial charge in [0.2, 0.25) is 0 Å². The molecule has 0 heterocycles. The summed E-state index contributed by atoms with van der Waals surface area (Å²) in [5.41, 5.74) is 0.444. The minimum atomic E-state index is -1.31. The smallest absolute Gasteiger partial charge is 0.336 e. The molecule has 1 aromatic rings. The van der Waals surface area contributed by atoms with Gasteiger partial charge in [0, 0.05) is 13.0 Å². The van der Waals surface area contributed by atoms with E-state index in [0.29, 0.717) is 11.1 Å². The van der Waals surface area contributed by atoms with E-state index < -0.39 is 11.9 Å². The number of aliphatic hydroxyl groups is 1. The molecule has 0 saturated heterocycles. The highest BCUT2D eigenvalue weighted by Crippen LogP contribution is 2.21. The van der Waals surface area contributed by atoms with Crippen molar-refractivity contribution in [1.29, 1.82) is 0 Å². The number of ether oxygens (including phenoxy) is 1. The maximum atomic E-state index is 11.3. The van der Waals surface area contributed by atoms with E-state index in [0.717, 1.165) is 0 Å². The molecule has 0 saturated carbocycles. The van der Waals surface area contributed by atoms with Crippen molar-refractivity contribution >= 4 is 11.9 Å². The van der Waals surface area contributed by atoms with Gasteiger partial charge in [-0.25, -0.2) is 9.59 Å². The van der Waals surface area contributed by atoms with Crippen LogP contribution in [0.5, 0.6) is 0 Å². The Balaban J connectivity index is 3.35. The summed E-state index contributed by atoms with van der Waals surface area (Å²) in [6, 6.07) is 2.77. The van der Waals surface area contributed by atoms with Gasteiger partial charge in [-0.05, 0) is 23.6 Å². The third-order valence-corrected chi connectivity index (χ3v) is 2.82. The summed E-state index contributed by atoms with van der Waals surface area (Å²) in [4.78, 5) is 22.5. The number of benzene rings is 1. The summed E-state index contributed by atoms with van der Waals surface area (Å²) in [6.07, 6.45) is 1.71. The molecule has 0 aliphatic heterocycles. The Labute approximate surface area is 115 Å². The second kappa shape index (κ2) is 7.30. The lowest BCUT2D eigenvalue weighted by molar-refractivity contribution is 0.0650. The predicted octanol–water partition coefficient (Wildman–Crippen LogP) is 1.32. The van der Waals surface area contributed by atoms with E-state index in [1.807, 2.05) is 0 Å². The van der Waals surface area contributed by atoms with Crippen LogP contribution in [-0.4, -0.2) is 40.5 Å². The standard InChI is InChI=1S/C14H16O6/c1-2-20-8-6-10-9(5-7-15)3-4-11(13(16)17)12(10)14(18)19/h2-4,15H,1,5-8H2,(H,16,17)(H,18,19). The Morgan fingerprint density at radius 2 is 1.90 bits per heavy atom. The van der Waals surface area contributed by atoms with E-state index in [1.165, 1.54) is 18.4 Å². The molecule has 0 aromatic heterocycles. The van der Waals surface area contributed by atoms with Gasteiger partial charge < -0.3 is 20.1 Å². The van der Waals surface area contributed by atoms with Crippen LogP contribution in [0.4, 0.5) is 0 Å². The van der Waals surface area contributed by atoms with Crippen molar-refractivity contribution in [3.05, 3.63) is 47.2 Å².